The lowest BCUT2D eigenvalue weighted by Gasteiger charge is -2.18. The van der Waals surface area contributed by atoms with Crippen LogP contribution in [0, 0.1) is 5.92 Å². The van der Waals surface area contributed by atoms with Crippen LogP contribution in [0.3, 0.4) is 0 Å². The molecular weight excluding hydrogens is 280 g/mol. The number of ether oxygens (including phenoxy) is 1. The van der Waals surface area contributed by atoms with Gasteiger partial charge >= 0.3 is 0 Å². The average Bonchev–Trinajstić information content (AvgIpc) is 2.91. The predicted octanol–water partition coefficient (Wildman–Crippen LogP) is 2.35. The molecule has 1 aromatic carbocycles. The van der Waals surface area contributed by atoms with E-state index < -0.39 is 0 Å². The van der Waals surface area contributed by atoms with Crippen molar-refractivity contribution >= 4 is 17.5 Å². The number of benzene rings is 1. The van der Waals surface area contributed by atoms with Crippen molar-refractivity contribution in [3.8, 4) is 5.75 Å². The number of rotatable bonds is 6. The zero-order valence-electron chi connectivity index (χ0n) is 13.5. The fraction of sp³-hybridized carbons (Fsp3) is 0.529. The summed E-state index contributed by atoms with van der Waals surface area (Å²) in [5.74, 6) is 1.06. The maximum absolute atomic E-state index is 11.8. The van der Waals surface area contributed by atoms with Gasteiger partial charge in [-0.05, 0) is 43.5 Å². The van der Waals surface area contributed by atoms with Gasteiger partial charge in [0.1, 0.15) is 5.75 Å². The smallest absolute Gasteiger partial charge is 0.258 e. The number of hydrogen-bond donors (Lipinski definition) is 1. The molecule has 120 valence electrons. The number of carbonyl (C=O) groups is 2. The summed E-state index contributed by atoms with van der Waals surface area (Å²) < 4.78 is 5.48. The second-order valence-electron chi connectivity index (χ2n) is 6.03. The molecule has 0 saturated carbocycles. The molecule has 22 heavy (non-hydrogen) atoms. The minimum atomic E-state index is -0.125. The van der Waals surface area contributed by atoms with E-state index in [1.165, 1.54) is 0 Å². The zero-order valence-corrected chi connectivity index (χ0v) is 13.5. The first-order valence-corrected chi connectivity index (χ1v) is 7.80. The Bertz CT molecular complexity index is 525. The lowest BCUT2D eigenvalue weighted by Crippen LogP contribution is -2.38. The molecule has 0 unspecified atom stereocenters. The first-order chi connectivity index (χ1) is 10.5. The number of carbonyl (C=O) groups excluding carboxylic acids is 2. The summed E-state index contributed by atoms with van der Waals surface area (Å²) in [6.07, 6.45) is 1.53. The van der Waals surface area contributed by atoms with Gasteiger partial charge in [0.2, 0.25) is 5.91 Å². The van der Waals surface area contributed by atoms with E-state index in [9.17, 15) is 9.59 Å². The largest absolute Gasteiger partial charge is 0.484 e. The Morgan fingerprint density at radius 3 is 2.50 bits per heavy atom. The molecule has 1 N–H and O–H groups in total. The van der Waals surface area contributed by atoms with Gasteiger partial charge in [-0.3, -0.25) is 9.59 Å². The van der Waals surface area contributed by atoms with Gasteiger partial charge in [-0.25, -0.2) is 0 Å². The van der Waals surface area contributed by atoms with E-state index in [0.29, 0.717) is 18.1 Å². The minimum Gasteiger partial charge on any atom is -0.484 e. The second kappa shape index (κ2) is 7.29. The van der Waals surface area contributed by atoms with Gasteiger partial charge in [0.05, 0.1) is 0 Å². The molecule has 1 atom stereocenters. The summed E-state index contributed by atoms with van der Waals surface area (Å²) in [5.41, 5.74) is 0.882. The quantitative estimate of drug-likeness (QED) is 0.877. The van der Waals surface area contributed by atoms with Crippen LogP contribution in [0.5, 0.6) is 5.75 Å². The molecule has 0 aliphatic carbocycles. The van der Waals surface area contributed by atoms with Gasteiger partial charge in [-0.15, -0.1) is 0 Å². The van der Waals surface area contributed by atoms with Gasteiger partial charge in [-0.1, -0.05) is 13.8 Å². The summed E-state index contributed by atoms with van der Waals surface area (Å²) in [5, 5.41) is 2.89. The van der Waals surface area contributed by atoms with Crippen LogP contribution in [-0.2, 0) is 9.59 Å². The first kappa shape index (κ1) is 16.3. The lowest BCUT2D eigenvalue weighted by atomic mass is 10.1. The molecule has 5 nitrogen and oxygen atoms in total. The zero-order chi connectivity index (χ0) is 16.1. The van der Waals surface area contributed by atoms with Crippen LogP contribution in [0.2, 0.25) is 0 Å². The van der Waals surface area contributed by atoms with Crippen LogP contribution in [-0.4, -0.2) is 31.0 Å². The molecule has 0 radical (unpaired) electrons. The summed E-state index contributed by atoms with van der Waals surface area (Å²) in [6.45, 7) is 6.87. The van der Waals surface area contributed by atoms with Crippen molar-refractivity contribution in [1.82, 2.24) is 5.32 Å². The summed E-state index contributed by atoms with van der Waals surface area (Å²) >= 11 is 0. The van der Waals surface area contributed by atoms with E-state index >= 15 is 0 Å². The molecule has 0 spiro atoms. The molecule has 5 heteroatoms. The third-order valence-corrected chi connectivity index (χ3v) is 3.98. The predicted molar refractivity (Wildman–Crippen MR) is 86.0 cm³/mol. The molecule has 1 aromatic rings. The van der Waals surface area contributed by atoms with Crippen LogP contribution >= 0.6 is 0 Å². The monoisotopic (exact) mass is 304 g/mol. The van der Waals surface area contributed by atoms with Crippen molar-refractivity contribution in [1.29, 1.82) is 0 Å². The molecule has 0 bridgehead atoms. The summed E-state index contributed by atoms with van der Waals surface area (Å²) in [4.78, 5) is 25.2. The molecule has 1 saturated heterocycles. The maximum Gasteiger partial charge on any atom is 0.258 e. The number of hydrogen-bond acceptors (Lipinski definition) is 3. The van der Waals surface area contributed by atoms with Crippen molar-refractivity contribution < 1.29 is 14.3 Å². The highest BCUT2D eigenvalue weighted by Gasteiger charge is 2.21. The Hall–Kier alpha value is -2.04. The molecule has 1 heterocycles. The lowest BCUT2D eigenvalue weighted by molar-refractivity contribution is -0.124. The molecular formula is C17H24N2O3. The molecule has 0 aromatic heterocycles. The van der Waals surface area contributed by atoms with Gasteiger partial charge in [0.25, 0.3) is 5.91 Å². The maximum atomic E-state index is 11.8. The van der Waals surface area contributed by atoms with Crippen LogP contribution in [0.1, 0.15) is 33.6 Å². The highest BCUT2D eigenvalue weighted by Crippen LogP contribution is 2.23. The summed E-state index contributed by atoms with van der Waals surface area (Å²) in [7, 11) is 0. The Balaban J connectivity index is 1.84. The van der Waals surface area contributed by atoms with Crippen LogP contribution < -0.4 is 15.0 Å². The Kier molecular flexibility index (Phi) is 5.41. The number of nitrogens with one attached hydrogen (secondary N) is 1. The minimum absolute atomic E-state index is 0.000941. The Labute approximate surface area is 131 Å². The molecule has 1 aliphatic heterocycles. The van der Waals surface area contributed by atoms with Crippen LogP contribution in [0.4, 0.5) is 5.69 Å². The van der Waals surface area contributed by atoms with E-state index in [4.69, 9.17) is 4.74 Å². The van der Waals surface area contributed by atoms with E-state index in [0.717, 1.165) is 18.7 Å². The first-order valence-electron chi connectivity index (χ1n) is 7.80. The highest BCUT2D eigenvalue weighted by molar-refractivity contribution is 5.95. The van der Waals surface area contributed by atoms with Crippen LogP contribution in [0.15, 0.2) is 24.3 Å². The number of amides is 2. The standard InChI is InChI=1S/C17H24N2O3/c1-12(2)13(3)18-16(20)11-22-15-8-6-14(7-9-15)19-10-4-5-17(19)21/h6-9,12-13H,4-5,10-11H2,1-3H3,(H,18,20)/t13-/m1/s1. The number of anilines is 1. The summed E-state index contributed by atoms with van der Waals surface area (Å²) in [6, 6.07) is 7.42. The normalized spacial score (nSPS) is 16.0. The van der Waals surface area contributed by atoms with E-state index in [1.54, 1.807) is 17.0 Å². The van der Waals surface area contributed by atoms with E-state index in [-0.39, 0.29) is 24.5 Å². The third-order valence-electron chi connectivity index (χ3n) is 3.98. The molecule has 1 fully saturated rings. The fourth-order valence-corrected chi connectivity index (χ4v) is 2.25. The average molecular weight is 304 g/mol. The van der Waals surface area contributed by atoms with Crippen molar-refractivity contribution in [2.75, 3.05) is 18.1 Å². The fourth-order valence-electron chi connectivity index (χ4n) is 2.25. The Morgan fingerprint density at radius 1 is 1.27 bits per heavy atom. The molecule has 2 rings (SSSR count). The number of nitrogens with zero attached hydrogens (tertiary/aromatic N) is 1. The Morgan fingerprint density at radius 2 is 1.95 bits per heavy atom. The topological polar surface area (TPSA) is 58.6 Å². The van der Waals surface area contributed by atoms with Gasteiger partial charge < -0.3 is 15.0 Å². The SMILES string of the molecule is CC(C)[C@@H](C)NC(=O)COc1ccc(N2CCCC2=O)cc1. The highest BCUT2D eigenvalue weighted by atomic mass is 16.5. The van der Waals surface area contributed by atoms with Crippen LogP contribution in [0.25, 0.3) is 0 Å². The molecule has 1 aliphatic rings. The molecule has 2 amide bonds. The van der Waals surface area contributed by atoms with E-state index in [2.05, 4.69) is 19.2 Å². The van der Waals surface area contributed by atoms with Gasteiger partial charge in [0, 0.05) is 24.7 Å². The van der Waals surface area contributed by atoms with Crippen molar-refractivity contribution in [2.45, 2.75) is 39.7 Å². The van der Waals surface area contributed by atoms with Crippen molar-refractivity contribution in [2.24, 2.45) is 5.92 Å². The van der Waals surface area contributed by atoms with Crippen molar-refractivity contribution in [3.63, 3.8) is 0 Å². The van der Waals surface area contributed by atoms with Crippen molar-refractivity contribution in [3.05, 3.63) is 24.3 Å². The van der Waals surface area contributed by atoms with Gasteiger partial charge in [-0.2, -0.15) is 0 Å². The van der Waals surface area contributed by atoms with E-state index in [1.807, 2.05) is 19.1 Å². The second-order valence-corrected chi connectivity index (χ2v) is 6.03. The third kappa shape index (κ3) is 4.23. The van der Waals surface area contributed by atoms with Gasteiger partial charge in [0.15, 0.2) is 6.61 Å².